The number of aromatic nitrogens is 2. The molecule has 1 aliphatic carbocycles. The van der Waals surface area contributed by atoms with E-state index in [1.807, 2.05) is 37.3 Å². The molecule has 118 valence electrons. The van der Waals surface area contributed by atoms with Gasteiger partial charge in [-0.25, -0.2) is 4.98 Å². The molecule has 1 N–H and O–H groups in total. The van der Waals surface area contributed by atoms with Gasteiger partial charge in [-0.3, -0.25) is 9.36 Å². The van der Waals surface area contributed by atoms with Crippen LogP contribution < -0.4 is 10.9 Å². The summed E-state index contributed by atoms with van der Waals surface area (Å²) in [4.78, 5) is 20.0. The van der Waals surface area contributed by atoms with Crippen LogP contribution in [0.5, 0.6) is 0 Å². The Balaban J connectivity index is 1.90. The van der Waals surface area contributed by atoms with Crippen LogP contribution >= 0.6 is 11.3 Å². The van der Waals surface area contributed by atoms with Crippen molar-refractivity contribution in [2.75, 3.05) is 5.32 Å². The third-order valence-corrected chi connectivity index (χ3v) is 5.61. The van der Waals surface area contributed by atoms with Crippen LogP contribution in [0.15, 0.2) is 35.1 Å². The molecule has 0 fully saturated rings. The molecule has 2 aromatic heterocycles. The van der Waals surface area contributed by atoms with Gasteiger partial charge in [-0.1, -0.05) is 18.2 Å². The van der Waals surface area contributed by atoms with E-state index in [1.165, 1.54) is 23.3 Å². The molecule has 0 saturated heterocycles. The Bertz CT molecular complexity index is 911. The van der Waals surface area contributed by atoms with Gasteiger partial charge in [0.2, 0.25) is 5.95 Å². The van der Waals surface area contributed by atoms with Crippen molar-refractivity contribution in [1.29, 1.82) is 0 Å². The number of aryl methyl sites for hydroxylation is 2. The second-order valence-corrected chi connectivity index (χ2v) is 6.95. The van der Waals surface area contributed by atoms with Gasteiger partial charge in [0.05, 0.1) is 5.39 Å². The number of fused-ring (bicyclic) bond motifs is 3. The van der Waals surface area contributed by atoms with Crippen LogP contribution in [0.4, 0.5) is 11.6 Å². The lowest BCUT2D eigenvalue weighted by atomic mass is 9.97. The first-order valence-electron chi connectivity index (χ1n) is 8.15. The summed E-state index contributed by atoms with van der Waals surface area (Å²) in [5.74, 6) is 0.634. The predicted octanol–water partition coefficient (Wildman–Crippen LogP) is 4.10. The Labute approximate surface area is 138 Å². The van der Waals surface area contributed by atoms with Gasteiger partial charge in [-0.15, -0.1) is 11.3 Å². The normalized spacial score (nSPS) is 14.0. The minimum Gasteiger partial charge on any atom is -0.325 e. The molecule has 0 spiro atoms. The Hall–Kier alpha value is -2.14. The molecule has 1 aromatic carbocycles. The van der Waals surface area contributed by atoms with Crippen molar-refractivity contribution in [1.82, 2.24) is 9.55 Å². The van der Waals surface area contributed by atoms with Crippen LogP contribution in [0.1, 0.15) is 30.2 Å². The number of nitrogens with one attached hydrogen (secondary N) is 1. The molecule has 0 unspecified atom stereocenters. The summed E-state index contributed by atoms with van der Waals surface area (Å²) >= 11 is 1.69. The summed E-state index contributed by atoms with van der Waals surface area (Å²) in [6, 6.07) is 9.88. The summed E-state index contributed by atoms with van der Waals surface area (Å²) in [5, 5.41) is 4.15. The van der Waals surface area contributed by atoms with Crippen molar-refractivity contribution in [3.63, 3.8) is 0 Å². The van der Waals surface area contributed by atoms with E-state index in [0.29, 0.717) is 12.5 Å². The molecule has 0 saturated carbocycles. The van der Waals surface area contributed by atoms with Crippen LogP contribution in [-0.4, -0.2) is 9.55 Å². The van der Waals surface area contributed by atoms with Gasteiger partial charge in [0.15, 0.2) is 0 Å². The average molecular weight is 325 g/mol. The van der Waals surface area contributed by atoms with Crippen LogP contribution in [0.2, 0.25) is 0 Å². The number of rotatable bonds is 3. The van der Waals surface area contributed by atoms with Gasteiger partial charge >= 0.3 is 0 Å². The minimum absolute atomic E-state index is 0.0929. The summed E-state index contributed by atoms with van der Waals surface area (Å²) < 4.78 is 1.75. The van der Waals surface area contributed by atoms with E-state index in [2.05, 4.69) is 5.32 Å². The van der Waals surface area contributed by atoms with E-state index >= 15 is 0 Å². The molecule has 2 heterocycles. The average Bonchev–Trinajstić information content (AvgIpc) is 2.94. The molecule has 0 aliphatic heterocycles. The number of benzene rings is 1. The second-order valence-electron chi connectivity index (χ2n) is 5.87. The van der Waals surface area contributed by atoms with Crippen molar-refractivity contribution in [3.8, 4) is 0 Å². The predicted molar refractivity (Wildman–Crippen MR) is 95.9 cm³/mol. The fourth-order valence-electron chi connectivity index (χ4n) is 3.28. The number of hydrogen-bond acceptors (Lipinski definition) is 4. The molecule has 23 heavy (non-hydrogen) atoms. The van der Waals surface area contributed by atoms with Gasteiger partial charge in [0, 0.05) is 17.1 Å². The quantitative estimate of drug-likeness (QED) is 0.788. The maximum absolute atomic E-state index is 13.0. The molecule has 0 amide bonds. The maximum Gasteiger partial charge on any atom is 0.263 e. The Morgan fingerprint density at radius 2 is 2.00 bits per heavy atom. The highest BCUT2D eigenvalue weighted by Gasteiger charge is 2.21. The highest BCUT2D eigenvalue weighted by molar-refractivity contribution is 7.18. The van der Waals surface area contributed by atoms with E-state index in [1.54, 1.807) is 15.9 Å². The van der Waals surface area contributed by atoms with Gasteiger partial charge in [-0.05, 0) is 50.3 Å². The Morgan fingerprint density at radius 1 is 1.22 bits per heavy atom. The van der Waals surface area contributed by atoms with E-state index in [0.717, 1.165) is 28.7 Å². The molecular formula is C18H19N3OS. The Morgan fingerprint density at radius 3 is 2.78 bits per heavy atom. The zero-order chi connectivity index (χ0) is 15.8. The second kappa shape index (κ2) is 5.81. The molecule has 1 aliphatic rings. The first kappa shape index (κ1) is 14.5. The number of nitrogens with zero attached hydrogens (tertiary/aromatic N) is 2. The number of thiophene rings is 1. The summed E-state index contributed by atoms with van der Waals surface area (Å²) in [6.07, 6.45) is 4.50. The third kappa shape index (κ3) is 2.45. The molecule has 0 atom stereocenters. The maximum atomic E-state index is 13.0. The van der Waals surface area contributed by atoms with Gasteiger partial charge in [0.1, 0.15) is 4.83 Å². The third-order valence-electron chi connectivity index (χ3n) is 4.42. The largest absolute Gasteiger partial charge is 0.325 e. The number of para-hydroxylation sites is 1. The van der Waals surface area contributed by atoms with E-state index in [9.17, 15) is 4.79 Å². The monoisotopic (exact) mass is 325 g/mol. The summed E-state index contributed by atoms with van der Waals surface area (Å²) in [7, 11) is 0. The van der Waals surface area contributed by atoms with E-state index in [-0.39, 0.29) is 5.56 Å². The Kier molecular flexibility index (Phi) is 3.65. The fraction of sp³-hybridized carbons (Fsp3) is 0.333. The van der Waals surface area contributed by atoms with Crippen LogP contribution in [-0.2, 0) is 19.4 Å². The lowest BCUT2D eigenvalue weighted by Crippen LogP contribution is -2.23. The van der Waals surface area contributed by atoms with E-state index < -0.39 is 0 Å². The lowest BCUT2D eigenvalue weighted by molar-refractivity contribution is 0.696. The van der Waals surface area contributed by atoms with Gasteiger partial charge < -0.3 is 5.32 Å². The SMILES string of the molecule is CCn1c(Nc2ccccc2)nc2sc3c(c2c1=O)CCCC3. The van der Waals surface area contributed by atoms with Crippen LogP contribution in [0.3, 0.4) is 0 Å². The first-order valence-corrected chi connectivity index (χ1v) is 8.96. The van der Waals surface area contributed by atoms with Crippen LogP contribution in [0, 0.1) is 0 Å². The smallest absolute Gasteiger partial charge is 0.263 e. The molecule has 0 bridgehead atoms. The van der Waals surface area contributed by atoms with Gasteiger partial charge in [0.25, 0.3) is 5.56 Å². The number of anilines is 2. The van der Waals surface area contributed by atoms with Crippen molar-refractivity contribution >= 4 is 33.2 Å². The molecule has 4 nitrogen and oxygen atoms in total. The van der Waals surface area contributed by atoms with E-state index in [4.69, 9.17) is 4.98 Å². The highest BCUT2D eigenvalue weighted by Crippen LogP contribution is 2.34. The van der Waals surface area contributed by atoms with Crippen molar-refractivity contribution in [2.45, 2.75) is 39.2 Å². The van der Waals surface area contributed by atoms with Crippen LogP contribution in [0.25, 0.3) is 10.2 Å². The zero-order valence-corrected chi connectivity index (χ0v) is 13.9. The van der Waals surface area contributed by atoms with Crippen molar-refractivity contribution in [2.24, 2.45) is 0 Å². The molecule has 3 aromatic rings. The number of hydrogen-bond donors (Lipinski definition) is 1. The zero-order valence-electron chi connectivity index (χ0n) is 13.1. The topological polar surface area (TPSA) is 46.9 Å². The molecule has 4 rings (SSSR count). The lowest BCUT2D eigenvalue weighted by Gasteiger charge is -2.13. The molecular weight excluding hydrogens is 306 g/mol. The summed E-state index contributed by atoms with van der Waals surface area (Å²) in [5.41, 5.74) is 2.29. The minimum atomic E-state index is 0.0929. The van der Waals surface area contributed by atoms with Crippen molar-refractivity contribution in [3.05, 3.63) is 51.1 Å². The van der Waals surface area contributed by atoms with Crippen molar-refractivity contribution < 1.29 is 0 Å². The fourth-order valence-corrected chi connectivity index (χ4v) is 4.53. The van der Waals surface area contributed by atoms with Gasteiger partial charge in [-0.2, -0.15) is 0 Å². The summed E-state index contributed by atoms with van der Waals surface area (Å²) in [6.45, 7) is 2.60. The standard InChI is InChI=1S/C18H19N3OS/c1-2-21-17(22)15-13-10-6-7-11-14(13)23-16(15)20-18(21)19-12-8-4-3-5-9-12/h3-5,8-9H,2,6-7,10-11H2,1H3,(H,19,20). The highest BCUT2D eigenvalue weighted by atomic mass is 32.1. The first-order chi connectivity index (χ1) is 11.3. The molecule has 0 radical (unpaired) electrons. The molecule has 5 heteroatoms.